The number of aromatic nitrogens is 2. The van der Waals surface area contributed by atoms with Crippen LogP contribution < -0.4 is 10.6 Å². The molecule has 6 nitrogen and oxygen atoms in total. The van der Waals surface area contributed by atoms with Gasteiger partial charge in [0.05, 0.1) is 5.75 Å². The lowest BCUT2D eigenvalue weighted by molar-refractivity contribution is -0.117. The second-order valence-electron chi connectivity index (χ2n) is 4.63. The first-order valence-corrected chi connectivity index (χ1v) is 8.39. The highest BCUT2D eigenvalue weighted by atomic mass is 32.2. The van der Waals surface area contributed by atoms with Crippen LogP contribution in [-0.2, 0) is 17.6 Å². The van der Waals surface area contributed by atoms with Gasteiger partial charge in [0.2, 0.25) is 5.91 Å². The van der Waals surface area contributed by atoms with E-state index in [1.165, 1.54) is 42.0 Å². The Kier molecular flexibility index (Phi) is 4.07. The van der Waals surface area contributed by atoms with Gasteiger partial charge in [-0.1, -0.05) is 11.8 Å². The highest BCUT2D eigenvalue weighted by Crippen LogP contribution is 2.39. The molecular formula is C13H14N4O2S2. The molecule has 0 fully saturated rings. The maximum absolute atomic E-state index is 11.7. The summed E-state index contributed by atoms with van der Waals surface area (Å²) in [7, 11) is 1.47. The van der Waals surface area contributed by atoms with E-state index < -0.39 is 6.03 Å². The van der Waals surface area contributed by atoms with Crippen molar-refractivity contribution in [3.05, 3.63) is 16.8 Å². The van der Waals surface area contributed by atoms with Gasteiger partial charge >= 0.3 is 6.03 Å². The van der Waals surface area contributed by atoms with Crippen molar-refractivity contribution in [1.29, 1.82) is 0 Å². The van der Waals surface area contributed by atoms with E-state index in [1.54, 1.807) is 11.3 Å². The number of urea groups is 1. The maximum atomic E-state index is 11.7. The Morgan fingerprint density at radius 3 is 3.05 bits per heavy atom. The van der Waals surface area contributed by atoms with E-state index in [9.17, 15) is 9.59 Å². The fraction of sp³-hybridized carbons (Fsp3) is 0.385. The van der Waals surface area contributed by atoms with E-state index >= 15 is 0 Å². The van der Waals surface area contributed by atoms with Gasteiger partial charge in [-0.25, -0.2) is 14.8 Å². The zero-order chi connectivity index (χ0) is 14.8. The zero-order valence-corrected chi connectivity index (χ0v) is 13.1. The number of thiophene rings is 1. The van der Waals surface area contributed by atoms with Crippen LogP contribution in [-0.4, -0.2) is 34.7 Å². The quantitative estimate of drug-likeness (QED) is 0.664. The molecule has 2 N–H and O–H groups in total. The summed E-state index contributed by atoms with van der Waals surface area (Å²) in [5.74, 6) is -0.178. The Morgan fingerprint density at radius 2 is 2.24 bits per heavy atom. The Morgan fingerprint density at radius 1 is 1.38 bits per heavy atom. The number of aryl methyl sites for hydroxylation is 2. The van der Waals surface area contributed by atoms with Crippen LogP contribution in [0.1, 0.15) is 16.9 Å². The van der Waals surface area contributed by atoms with Crippen LogP contribution in [0.2, 0.25) is 0 Å². The average Bonchev–Trinajstić information content (AvgIpc) is 3.05. The molecule has 0 spiro atoms. The summed E-state index contributed by atoms with van der Waals surface area (Å²) in [5.41, 5.74) is 1.34. The maximum Gasteiger partial charge on any atom is 0.321 e. The molecule has 110 valence electrons. The minimum atomic E-state index is -0.496. The molecule has 8 heteroatoms. The van der Waals surface area contributed by atoms with Crippen LogP contribution in [0.5, 0.6) is 0 Å². The van der Waals surface area contributed by atoms with Gasteiger partial charge in [-0.15, -0.1) is 11.3 Å². The summed E-state index contributed by atoms with van der Waals surface area (Å²) >= 11 is 3.06. The number of amides is 3. The lowest BCUT2D eigenvalue weighted by atomic mass is 10.2. The summed E-state index contributed by atoms with van der Waals surface area (Å²) in [6.07, 6.45) is 4.87. The van der Waals surface area contributed by atoms with Crippen molar-refractivity contribution in [2.45, 2.75) is 24.3 Å². The number of thioether (sulfide) groups is 1. The van der Waals surface area contributed by atoms with Gasteiger partial charge in [0, 0.05) is 17.3 Å². The molecule has 0 radical (unpaired) electrons. The summed E-state index contributed by atoms with van der Waals surface area (Å²) < 4.78 is 0. The molecule has 21 heavy (non-hydrogen) atoms. The second-order valence-corrected chi connectivity index (χ2v) is 6.68. The van der Waals surface area contributed by atoms with Gasteiger partial charge in [0.15, 0.2) is 0 Å². The van der Waals surface area contributed by atoms with E-state index in [4.69, 9.17) is 0 Å². The molecule has 0 bridgehead atoms. The van der Waals surface area contributed by atoms with Crippen molar-refractivity contribution in [2.75, 3.05) is 12.8 Å². The molecule has 0 unspecified atom stereocenters. The number of fused-ring (bicyclic) bond motifs is 3. The monoisotopic (exact) mass is 322 g/mol. The summed E-state index contributed by atoms with van der Waals surface area (Å²) in [4.78, 5) is 33.8. The molecule has 2 aromatic heterocycles. The Labute approximate surface area is 129 Å². The highest BCUT2D eigenvalue weighted by molar-refractivity contribution is 8.00. The van der Waals surface area contributed by atoms with Gasteiger partial charge in [-0.2, -0.15) is 0 Å². The van der Waals surface area contributed by atoms with Gasteiger partial charge in [0.25, 0.3) is 0 Å². The van der Waals surface area contributed by atoms with Crippen molar-refractivity contribution in [3.63, 3.8) is 0 Å². The molecule has 1 aliphatic rings. The number of nitrogens with zero attached hydrogens (tertiary/aromatic N) is 2. The van der Waals surface area contributed by atoms with E-state index in [-0.39, 0.29) is 11.7 Å². The molecular weight excluding hydrogens is 308 g/mol. The lowest BCUT2D eigenvalue weighted by Gasteiger charge is -2.04. The van der Waals surface area contributed by atoms with Gasteiger partial charge in [0.1, 0.15) is 16.2 Å². The van der Waals surface area contributed by atoms with E-state index in [1.807, 2.05) is 0 Å². The molecule has 0 saturated carbocycles. The van der Waals surface area contributed by atoms with Gasteiger partial charge in [-0.3, -0.25) is 10.1 Å². The predicted octanol–water partition coefficient (Wildman–Crippen LogP) is 1.73. The third-order valence-electron chi connectivity index (χ3n) is 3.29. The van der Waals surface area contributed by atoms with Crippen LogP contribution in [0.25, 0.3) is 10.2 Å². The van der Waals surface area contributed by atoms with E-state index in [0.717, 1.165) is 28.1 Å². The van der Waals surface area contributed by atoms with Crippen LogP contribution in [0, 0.1) is 0 Å². The van der Waals surface area contributed by atoms with Crippen LogP contribution in [0.4, 0.5) is 4.79 Å². The molecule has 0 aromatic carbocycles. The Hall–Kier alpha value is -1.67. The van der Waals surface area contributed by atoms with E-state index in [0.29, 0.717) is 0 Å². The Balaban J connectivity index is 1.78. The number of hydrogen-bond donors (Lipinski definition) is 2. The van der Waals surface area contributed by atoms with Crippen LogP contribution in [0.3, 0.4) is 0 Å². The van der Waals surface area contributed by atoms with Crippen molar-refractivity contribution >= 4 is 45.3 Å². The molecule has 0 saturated heterocycles. The number of carbonyl (C=O) groups excluding carboxylic acids is 2. The van der Waals surface area contributed by atoms with Gasteiger partial charge < -0.3 is 5.32 Å². The number of carbonyl (C=O) groups is 2. The molecule has 2 aromatic rings. The zero-order valence-electron chi connectivity index (χ0n) is 11.4. The smallest absolute Gasteiger partial charge is 0.321 e. The molecule has 0 atom stereocenters. The molecule has 2 heterocycles. The average molecular weight is 322 g/mol. The van der Waals surface area contributed by atoms with Crippen molar-refractivity contribution in [3.8, 4) is 0 Å². The minimum absolute atomic E-state index is 0.157. The van der Waals surface area contributed by atoms with Crippen molar-refractivity contribution in [2.24, 2.45) is 0 Å². The summed E-state index contributed by atoms with van der Waals surface area (Å²) in [6, 6.07) is -0.496. The SMILES string of the molecule is CNC(=O)NC(=O)CSc1ncnc2sc3c(c12)CCC3. The number of hydrogen-bond acceptors (Lipinski definition) is 6. The molecule has 3 amide bonds. The van der Waals surface area contributed by atoms with Crippen molar-refractivity contribution < 1.29 is 9.59 Å². The first kappa shape index (κ1) is 14.3. The predicted molar refractivity (Wildman–Crippen MR) is 82.8 cm³/mol. The third kappa shape index (κ3) is 2.86. The van der Waals surface area contributed by atoms with E-state index in [2.05, 4.69) is 20.6 Å². The summed E-state index contributed by atoms with van der Waals surface area (Å²) in [6.45, 7) is 0. The number of imide groups is 1. The largest absolute Gasteiger partial charge is 0.341 e. The third-order valence-corrected chi connectivity index (χ3v) is 5.48. The topological polar surface area (TPSA) is 84.0 Å². The fourth-order valence-corrected chi connectivity index (χ4v) is 4.49. The van der Waals surface area contributed by atoms with Crippen molar-refractivity contribution in [1.82, 2.24) is 20.6 Å². The number of rotatable bonds is 3. The Bertz CT molecular complexity index is 714. The second kappa shape index (κ2) is 5.98. The summed E-state index contributed by atoms with van der Waals surface area (Å²) in [5, 5.41) is 6.51. The van der Waals surface area contributed by atoms with Crippen LogP contribution in [0.15, 0.2) is 11.4 Å². The molecule has 0 aliphatic heterocycles. The highest BCUT2D eigenvalue weighted by Gasteiger charge is 2.21. The van der Waals surface area contributed by atoms with Crippen LogP contribution >= 0.6 is 23.1 Å². The number of nitrogens with one attached hydrogen (secondary N) is 2. The standard InChI is InChI=1S/C13H14N4O2S2/c1-14-13(19)17-9(18)5-20-11-10-7-3-2-4-8(7)21-12(10)16-6-15-11/h6H,2-5H2,1H3,(H2,14,17,18,19). The van der Waals surface area contributed by atoms with Gasteiger partial charge in [-0.05, 0) is 24.8 Å². The molecule has 1 aliphatic carbocycles. The minimum Gasteiger partial charge on any atom is -0.341 e. The normalized spacial score (nSPS) is 13.2. The first-order valence-electron chi connectivity index (χ1n) is 6.58. The first-order chi connectivity index (χ1) is 10.2. The fourth-order valence-electron chi connectivity index (χ4n) is 2.37. The molecule has 3 rings (SSSR count). The lowest BCUT2D eigenvalue weighted by Crippen LogP contribution is -2.38.